The molecule has 220 valence electrons. The van der Waals surface area contributed by atoms with Crippen LogP contribution in [-0.2, 0) is 0 Å². The Hall–Kier alpha value is -6.32. The van der Waals surface area contributed by atoms with Crippen molar-refractivity contribution in [3.8, 4) is 56.2 Å². The van der Waals surface area contributed by atoms with E-state index in [1.54, 1.807) is 0 Å². The van der Waals surface area contributed by atoms with E-state index in [0.717, 1.165) is 66.5 Å². The third kappa shape index (κ3) is 4.86. The summed E-state index contributed by atoms with van der Waals surface area (Å²) in [5, 5.41) is 4.55. The molecule has 9 aromatic rings. The molecule has 0 fully saturated rings. The van der Waals surface area contributed by atoms with Gasteiger partial charge in [0.05, 0.1) is 11.4 Å². The highest BCUT2D eigenvalue weighted by Gasteiger charge is 2.16. The predicted molar refractivity (Wildman–Crippen MR) is 194 cm³/mol. The van der Waals surface area contributed by atoms with Crippen molar-refractivity contribution >= 4 is 32.7 Å². The van der Waals surface area contributed by atoms with E-state index in [4.69, 9.17) is 14.4 Å². The Bertz CT molecular complexity index is 2480. The molecule has 0 aliphatic heterocycles. The van der Waals surface area contributed by atoms with Crippen molar-refractivity contribution in [2.45, 2.75) is 0 Å². The first-order valence-corrected chi connectivity index (χ1v) is 15.8. The van der Waals surface area contributed by atoms with Gasteiger partial charge in [-0.3, -0.25) is 0 Å². The number of hydrogen-bond acceptors (Lipinski definition) is 3. The molecule has 0 N–H and O–H groups in total. The first kappa shape index (κ1) is 27.0. The average molecular weight is 601 g/mol. The van der Waals surface area contributed by atoms with Gasteiger partial charge >= 0.3 is 0 Å². The van der Waals surface area contributed by atoms with E-state index in [9.17, 15) is 0 Å². The lowest BCUT2D eigenvalue weighted by Gasteiger charge is -2.10. The Morgan fingerprint density at radius 2 is 0.872 bits per heavy atom. The molecule has 0 amide bonds. The molecule has 0 saturated heterocycles. The van der Waals surface area contributed by atoms with Crippen molar-refractivity contribution in [1.82, 2.24) is 9.97 Å². The van der Waals surface area contributed by atoms with Gasteiger partial charge in [-0.2, -0.15) is 0 Å². The van der Waals surface area contributed by atoms with Gasteiger partial charge in [0, 0.05) is 32.8 Å². The van der Waals surface area contributed by atoms with E-state index in [2.05, 4.69) is 133 Å². The maximum atomic E-state index is 6.51. The number of nitrogens with zero attached hydrogens (tertiary/aromatic N) is 2. The largest absolute Gasteiger partial charge is 0.455 e. The molecule has 0 aliphatic rings. The van der Waals surface area contributed by atoms with E-state index >= 15 is 0 Å². The maximum Gasteiger partial charge on any atom is 0.160 e. The highest BCUT2D eigenvalue weighted by molar-refractivity contribution is 6.19. The van der Waals surface area contributed by atoms with Gasteiger partial charge in [-0.15, -0.1) is 0 Å². The summed E-state index contributed by atoms with van der Waals surface area (Å²) in [6.45, 7) is 0. The van der Waals surface area contributed by atoms with Crippen LogP contribution in [0, 0.1) is 0 Å². The lowest BCUT2D eigenvalue weighted by atomic mass is 9.94. The van der Waals surface area contributed by atoms with Crippen molar-refractivity contribution in [3.63, 3.8) is 0 Å². The highest BCUT2D eigenvalue weighted by Crippen LogP contribution is 2.41. The Kier molecular flexibility index (Phi) is 6.46. The number of rotatable bonds is 5. The van der Waals surface area contributed by atoms with Gasteiger partial charge in [0.25, 0.3) is 0 Å². The number of hydrogen-bond donors (Lipinski definition) is 0. The minimum Gasteiger partial charge on any atom is -0.455 e. The van der Waals surface area contributed by atoms with E-state index in [0.29, 0.717) is 5.82 Å². The monoisotopic (exact) mass is 600 g/mol. The number of furan rings is 1. The molecule has 0 spiro atoms. The van der Waals surface area contributed by atoms with E-state index < -0.39 is 0 Å². The lowest BCUT2D eigenvalue weighted by Crippen LogP contribution is -1.95. The summed E-state index contributed by atoms with van der Waals surface area (Å²) < 4.78 is 6.51. The second kappa shape index (κ2) is 11.2. The average Bonchev–Trinajstić information content (AvgIpc) is 3.53. The molecule has 3 nitrogen and oxygen atoms in total. The molecular formula is C44H28N2O. The quantitative estimate of drug-likeness (QED) is 0.197. The smallest absolute Gasteiger partial charge is 0.160 e. The van der Waals surface area contributed by atoms with Crippen LogP contribution in [-0.4, -0.2) is 9.97 Å². The molecule has 0 saturated carbocycles. The first-order valence-electron chi connectivity index (χ1n) is 15.8. The summed E-state index contributed by atoms with van der Waals surface area (Å²) in [4.78, 5) is 9.94. The fraction of sp³-hybridized carbons (Fsp3) is 0. The van der Waals surface area contributed by atoms with Gasteiger partial charge in [0.2, 0.25) is 0 Å². The zero-order valence-corrected chi connectivity index (χ0v) is 25.5. The molecule has 0 atom stereocenters. The summed E-state index contributed by atoms with van der Waals surface area (Å²) in [6.07, 6.45) is 0. The zero-order valence-electron chi connectivity index (χ0n) is 25.5. The molecule has 0 bridgehead atoms. The maximum absolute atomic E-state index is 6.51. The van der Waals surface area contributed by atoms with E-state index in [-0.39, 0.29) is 0 Å². The Morgan fingerprint density at radius 1 is 0.340 bits per heavy atom. The van der Waals surface area contributed by atoms with Crippen LogP contribution in [0.1, 0.15) is 0 Å². The molecule has 0 unspecified atom stereocenters. The fourth-order valence-corrected chi connectivity index (χ4v) is 6.54. The van der Waals surface area contributed by atoms with Gasteiger partial charge in [-0.05, 0) is 51.9 Å². The predicted octanol–water partition coefficient (Wildman–Crippen LogP) is 11.9. The van der Waals surface area contributed by atoms with Crippen molar-refractivity contribution in [2.75, 3.05) is 0 Å². The van der Waals surface area contributed by atoms with Crippen molar-refractivity contribution in [1.29, 1.82) is 0 Å². The van der Waals surface area contributed by atoms with Crippen LogP contribution >= 0.6 is 0 Å². The Morgan fingerprint density at radius 3 is 1.55 bits per heavy atom. The number of aromatic nitrogens is 2. The second-order valence-electron chi connectivity index (χ2n) is 11.8. The molecule has 7 aromatic carbocycles. The van der Waals surface area contributed by atoms with Crippen LogP contribution in [0.15, 0.2) is 174 Å². The van der Waals surface area contributed by atoms with Crippen molar-refractivity contribution in [3.05, 3.63) is 170 Å². The van der Waals surface area contributed by atoms with Gasteiger partial charge in [0.1, 0.15) is 11.2 Å². The fourth-order valence-electron chi connectivity index (χ4n) is 6.54. The number of fused-ring (bicyclic) bond motifs is 5. The molecule has 2 aromatic heterocycles. The topological polar surface area (TPSA) is 38.9 Å². The third-order valence-corrected chi connectivity index (χ3v) is 8.90. The number of benzene rings is 7. The summed E-state index contributed by atoms with van der Waals surface area (Å²) in [5.41, 5.74) is 11.4. The zero-order chi connectivity index (χ0) is 31.2. The van der Waals surface area contributed by atoms with Crippen molar-refractivity contribution in [2.24, 2.45) is 0 Å². The molecule has 2 heterocycles. The molecular weight excluding hydrogens is 572 g/mol. The van der Waals surface area contributed by atoms with Crippen LogP contribution < -0.4 is 0 Å². The standard InChI is InChI=1S/C44H28N2O/c1-4-12-30(13-5-1)37-27-39-38-26-34(24-25-42(38)47-43(39)36-19-11-10-18-35(36)37)29-20-22-32(23-21-29)41-28-40(31-14-6-2-7-15-31)45-44(46-41)33-16-8-3-9-17-33/h1-28H. The van der Waals surface area contributed by atoms with Gasteiger partial charge < -0.3 is 4.42 Å². The first-order chi connectivity index (χ1) is 23.3. The molecule has 47 heavy (non-hydrogen) atoms. The lowest BCUT2D eigenvalue weighted by molar-refractivity contribution is 0.673. The Labute approximate surface area is 272 Å². The molecule has 3 heteroatoms. The minimum absolute atomic E-state index is 0.714. The van der Waals surface area contributed by atoms with Crippen molar-refractivity contribution < 1.29 is 4.42 Å². The van der Waals surface area contributed by atoms with Gasteiger partial charge in [-0.1, -0.05) is 146 Å². The van der Waals surface area contributed by atoms with Gasteiger partial charge in [0.15, 0.2) is 5.82 Å². The molecule has 9 rings (SSSR count). The SMILES string of the molecule is c1ccc(-c2cc(-c3ccc(-c4ccc5oc6c7ccccc7c(-c7ccccc7)cc6c5c4)cc3)nc(-c3ccccc3)n2)cc1. The van der Waals surface area contributed by atoms with Crippen LogP contribution in [0.2, 0.25) is 0 Å². The summed E-state index contributed by atoms with van der Waals surface area (Å²) in [7, 11) is 0. The van der Waals surface area contributed by atoms with Crippen LogP contribution in [0.5, 0.6) is 0 Å². The van der Waals surface area contributed by atoms with Crippen LogP contribution in [0.3, 0.4) is 0 Å². The Balaban J connectivity index is 1.14. The van der Waals surface area contributed by atoms with Crippen LogP contribution in [0.25, 0.3) is 88.9 Å². The summed E-state index contributed by atoms with van der Waals surface area (Å²) in [6, 6.07) is 59.1. The highest BCUT2D eigenvalue weighted by atomic mass is 16.3. The van der Waals surface area contributed by atoms with Gasteiger partial charge in [-0.25, -0.2) is 9.97 Å². The normalized spacial score (nSPS) is 11.4. The molecule has 0 aliphatic carbocycles. The van der Waals surface area contributed by atoms with E-state index in [1.807, 2.05) is 36.4 Å². The second-order valence-corrected chi connectivity index (χ2v) is 11.8. The van der Waals surface area contributed by atoms with E-state index in [1.165, 1.54) is 16.5 Å². The summed E-state index contributed by atoms with van der Waals surface area (Å²) >= 11 is 0. The third-order valence-electron chi connectivity index (χ3n) is 8.90. The van der Waals surface area contributed by atoms with Crippen LogP contribution in [0.4, 0.5) is 0 Å². The summed E-state index contributed by atoms with van der Waals surface area (Å²) in [5.74, 6) is 0.714. The molecule has 0 radical (unpaired) electrons. The minimum atomic E-state index is 0.714.